The standard InChI is InChI=1S/C18H22O3/c1-2-13-21-17(20)18(12-8-4-7-11-16(18)19)14-15-9-5-3-6-10-15/h2-3,5-6,9-10H,1,4,7-8,11-14H2. The lowest BCUT2D eigenvalue weighted by atomic mass is 9.74. The Bertz CT molecular complexity index is 506. The van der Waals surface area contributed by atoms with Gasteiger partial charge in [0, 0.05) is 6.42 Å². The lowest BCUT2D eigenvalue weighted by Gasteiger charge is -2.29. The van der Waals surface area contributed by atoms with Crippen molar-refractivity contribution in [1.29, 1.82) is 0 Å². The van der Waals surface area contributed by atoms with Gasteiger partial charge >= 0.3 is 5.97 Å². The molecule has 0 N–H and O–H groups in total. The molecule has 1 aliphatic carbocycles. The molecule has 0 heterocycles. The lowest BCUT2D eigenvalue weighted by Crippen LogP contribution is -2.42. The molecule has 0 aromatic heterocycles. The minimum Gasteiger partial charge on any atom is -0.461 e. The fraction of sp³-hybridized carbons (Fsp3) is 0.444. The molecule has 1 aromatic rings. The van der Waals surface area contributed by atoms with E-state index < -0.39 is 11.4 Å². The van der Waals surface area contributed by atoms with Gasteiger partial charge in [0.1, 0.15) is 12.0 Å². The summed E-state index contributed by atoms with van der Waals surface area (Å²) in [5, 5.41) is 0. The summed E-state index contributed by atoms with van der Waals surface area (Å²) in [5.41, 5.74) is -0.00997. The number of Topliss-reactive ketones (excluding diaryl/α,β-unsaturated/α-hetero) is 1. The Hall–Kier alpha value is -1.90. The zero-order valence-corrected chi connectivity index (χ0v) is 12.3. The predicted octanol–water partition coefficient (Wildman–Crippen LogP) is 3.48. The number of carbonyl (C=O) groups is 2. The molecule has 1 aliphatic rings. The van der Waals surface area contributed by atoms with Crippen molar-refractivity contribution in [2.45, 2.75) is 38.5 Å². The highest BCUT2D eigenvalue weighted by atomic mass is 16.5. The molecular formula is C18H22O3. The SMILES string of the molecule is C=CCOC(=O)C1(Cc2ccccc2)CCCCCC1=O. The number of esters is 1. The van der Waals surface area contributed by atoms with Crippen LogP contribution in [0, 0.1) is 5.41 Å². The molecule has 0 bridgehead atoms. The molecular weight excluding hydrogens is 264 g/mol. The van der Waals surface area contributed by atoms with Gasteiger partial charge in [-0.2, -0.15) is 0 Å². The fourth-order valence-electron chi connectivity index (χ4n) is 2.96. The van der Waals surface area contributed by atoms with Crippen LogP contribution in [0.1, 0.15) is 37.7 Å². The molecule has 1 aromatic carbocycles. The monoisotopic (exact) mass is 286 g/mol. The first-order chi connectivity index (χ1) is 10.2. The van der Waals surface area contributed by atoms with Gasteiger partial charge in [-0.3, -0.25) is 9.59 Å². The molecule has 3 nitrogen and oxygen atoms in total. The van der Waals surface area contributed by atoms with Crippen LogP contribution in [0.2, 0.25) is 0 Å². The summed E-state index contributed by atoms with van der Waals surface area (Å²) in [7, 11) is 0. The fourth-order valence-corrected chi connectivity index (χ4v) is 2.96. The molecule has 3 heteroatoms. The van der Waals surface area contributed by atoms with Crippen LogP contribution in [0.3, 0.4) is 0 Å². The average Bonchev–Trinajstić information content (AvgIpc) is 2.69. The van der Waals surface area contributed by atoms with E-state index in [-0.39, 0.29) is 12.4 Å². The molecule has 0 aliphatic heterocycles. The molecule has 1 fully saturated rings. The van der Waals surface area contributed by atoms with Gasteiger partial charge in [0.25, 0.3) is 0 Å². The Kier molecular flexibility index (Phi) is 5.32. The highest BCUT2D eigenvalue weighted by Gasteiger charge is 2.46. The van der Waals surface area contributed by atoms with E-state index in [9.17, 15) is 9.59 Å². The third-order valence-corrected chi connectivity index (χ3v) is 4.11. The van der Waals surface area contributed by atoms with Crippen LogP contribution in [0.5, 0.6) is 0 Å². The lowest BCUT2D eigenvalue weighted by molar-refractivity contribution is -0.160. The third-order valence-electron chi connectivity index (χ3n) is 4.11. The quantitative estimate of drug-likeness (QED) is 0.360. The van der Waals surface area contributed by atoms with Crippen LogP contribution in [0.4, 0.5) is 0 Å². The molecule has 1 saturated carbocycles. The van der Waals surface area contributed by atoms with E-state index >= 15 is 0 Å². The summed E-state index contributed by atoms with van der Waals surface area (Å²) >= 11 is 0. The molecule has 0 radical (unpaired) electrons. The van der Waals surface area contributed by atoms with Gasteiger partial charge in [-0.1, -0.05) is 55.8 Å². The summed E-state index contributed by atoms with van der Waals surface area (Å²) < 4.78 is 5.25. The first-order valence-electron chi connectivity index (χ1n) is 7.54. The number of benzene rings is 1. The van der Waals surface area contributed by atoms with E-state index in [2.05, 4.69) is 6.58 Å². The zero-order chi connectivity index (χ0) is 15.1. The van der Waals surface area contributed by atoms with Crippen LogP contribution in [-0.2, 0) is 20.7 Å². The van der Waals surface area contributed by atoms with Crippen molar-refractivity contribution in [3.05, 3.63) is 48.6 Å². The van der Waals surface area contributed by atoms with Crippen molar-refractivity contribution in [1.82, 2.24) is 0 Å². The number of hydrogen-bond donors (Lipinski definition) is 0. The number of carbonyl (C=O) groups excluding carboxylic acids is 2. The molecule has 2 rings (SSSR count). The largest absolute Gasteiger partial charge is 0.461 e. The molecule has 0 saturated heterocycles. The van der Waals surface area contributed by atoms with Gasteiger partial charge in [-0.25, -0.2) is 0 Å². The summed E-state index contributed by atoms with van der Waals surface area (Å²) in [6.45, 7) is 3.72. The smallest absolute Gasteiger partial charge is 0.320 e. The van der Waals surface area contributed by atoms with Gasteiger partial charge in [0.05, 0.1) is 0 Å². The van der Waals surface area contributed by atoms with Crippen molar-refractivity contribution in [2.75, 3.05) is 6.61 Å². The predicted molar refractivity (Wildman–Crippen MR) is 81.8 cm³/mol. The van der Waals surface area contributed by atoms with Crippen LogP contribution < -0.4 is 0 Å². The van der Waals surface area contributed by atoms with Crippen molar-refractivity contribution in [3.8, 4) is 0 Å². The van der Waals surface area contributed by atoms with Gasteiger partial charge in [-0.15, -0.1) is 0 Å². The number of hydrogen-bond acceptors (Lipinski definition) is 3. The van der Waals surface area contributed by atoms with Crippen LogP contribution >= 0.6 is 0 Å². The van der Waals surface area contributed by atoms with E-state index in [1.165, 1.54) is 6.08 Å². The minimum absolute atomic E-state index is 0.0258. The summed E-state index contributed by atoms with van der Waals surface area (Å²) in [6.07, 6.45) is 5.77. The maximum absolute atomic E-state index is 12.6. The van der Waals surface area contributed by atoms with Crippen molar-refractivity contribution >= 4 is 11.8 Å². The van der Waals surface area contributed by atoms with E-state index in [4.69, 9.17) is 4.74 Å². The number of ether oxygens (including phenoxy) is 1. The van der Waals surface area contributed by atoms with Crippen LogP contribution in [-0.4, -0.2) is 18.4 Å². The molecule has 1 atom stereocenters. The number of rotatable bonds is 5. The Morgan fingerprint density at radius 1 is 1.24 bits per heavy atom. The molecule has 0 amide bonds. The minimum atomic E-state index is -1.01. The highest BCUT2D eigenvalue weighted by molar-refractivity contribution is 6.04. The van der Waals surface area contributed by atoms with Crippen molar-refractivity contribution < 1.29 is 14.3 Å². The molecule has 1 unspecified atom stereocenters. The Labute approximate surface area is 126 Å². The topological polar surface area (TPSA) is 43.4 Å². The second-order valence-electron chi connectivity index (χ2n) is 5.62. The van der Waals surface area contributed by atoms with E-state index in [1.54, 1.807) is 0 Å². The van der Waals surface area contributed by atoms with E-state index in [0.717, 1.165) is 24.8 Å². The van der Waals surface area contributed by atoms with Crippen molar-refractivity contribution in [3.63, 3.8) is 0 Å². The van der Waals surface area contributed by atoms with Crippen LogP contribution in [0.15, 0.2) is 43.0 Å². The zero-order valence-electron chi connectivity index (χ0n) is 12.3. The highest BCUT2D eigenvalue weighted by Crippen LogP contribution is 2.37. The molecule has 0 spiro atoms. The molecule has 21 heavy (non-hydrogen) atoms. The van der Waals surface area contributed by atoms with E-state index in [1.807, 2.05) is 30.3 Å². The maximum Gasteiger partial charge on any atom is 0.320 e. The second kappa shape index (κ2) is 7.21. The Morgan fingerprint density at radius 2 is 2.00 bits per heavy atom. The second-order valence-corrected chi connectivity index (χ2v) is 5.62. The van der Waals surface area contributed by atoms with Gasteiger partial charge in [-0.05, 0) is 24.8 Å². The summed E-state index contributed by atoms with van der Waals surface area (Å²) in [4.78, 5) is 25.2. The maximum atomic E-state index is 12.6. The normalized spacial score (nSPS) is 22.4. The van der Waals surface area contributed by atoms with E-state index in [0.29, 0.717) is 19.3 Å². The number of ketones is 1. The van der Waals surface area contributed by atoms with Gasteiger partial charge < -0.3 is 4.74 Å². The third kappa shape index (κ3) is 3.60. The first kappa shape index (κ1) is 15.5. The van der Waals surface area contributed by atoms with Crippen molar-refractivity contribution in [2.24, 2.45) is 5.41 Å². The summed E-state index contributed by atoms with van der Waals surface area (Å²) in [5.74, 6) is -0.365. The Morgan fingerprint density at radius 3 is 2.71 bits per heavy atom. The first-order valence-corrected chi connectivity index (χ1v) is 7.54. The summed E-state index contributed by atoms with van der Waals surface area (Å²) in [6, 6.07) is 9.71. The van der Waals surface area contributed by atoms with Crippen LogP contribution in [0.25, 0.3) is 0 Å². The average molecular weight is 286 g/mol. The molecule has 112 valence electrons. The van der Waals surface area contributed by atoms with Gasteiger partial charge in [0.15, 0.2) is 5.78 Å². The van der Waals surface area contributed by atoms with Gasteiger partial charge in [0.2, 0.25) is 0 Å². The Balaban J connectivity index is 2.30.